The molecule has 4 amide bonds. The molecule has 0 aromatic heterocycles. The van der Waals surface area contributed by atoms with Gasteiger partial charge in [0, 0.05) is 6.92 Å². The lowest BCUT2D eigenvalue weighted by molar-refractivity contribution is -0.117. The first-order chi connectivity index (χ1) is 19.2. The van der Waals surface area contributed by atoms with E-state index in [4.69, 9.17) is 9.47 Å². The highest BCUT2D eigenvalue weighted by atomic mass is 16.5. The summed E-state index contributed by atoms with van der Waals surface area (Å²) >= 11 is 0. The highest BCUT2D eigenvalue weighted by molar-refractivity contribution is 6.24. The molecule has 11 heteroatoms. The molecule has 0 saturated heterocycles. The first kappa shape index (κ1) is 27.8. The van der Waals surface area contributed by atoms with Crippen molar-refractivity contribution in [2.75, 3.05) is 24.4 Å². The largest absolute Gasteiger partial charge is 0.493 e. The summed E-state index contributed by atoms with van der Waals surface area (Å²) in [6.07, 6.45) is -0.396. The molecule has 0 radical (unpaired) electrons. The van der Waals surface area contributed by atoms with E-state index in [9.17, 15) is 29.1 Å². The molecule has 1 aliphatic rings. The Hall–Kier alpha value is -5.19. The van der Waals surface area contributed by atoms with Crippen LogP contribution in [0.1, 0.15) is 62.9 Å². The third-order valence-electron chi connectivity index (χ3n) is 6.25. The molecule has 1 unspecified atom stereocenters. The van der Waals surface area contributed by atoms with E-state index in [1.54, 1.807) is 37.3 Å². The number of fused-ring (bicyclic) bond motifs is 1. The molecule has 3 N–H and O–H groups in total. The second-order valence-electron chi connectivity index (χ2n) is 8.85. The van der Waals surface area contributed by atoms with E-state index in [-0.39, 0.29) is 28.1 Å². The van der Waals surface area contributed by atoms with E-state index >= 15 is 0 Å². The number of imide groups is 1. The third kappa shape index (κ3) is 5.48. The number of benzene rings is 3. The number of hydrogen-bond acceptors (Lipinski definition) is 7. The minimum Gasteiger partial charge on any atom is -0.493 e. The summed E-state index contributed by atoms with van der Waals surface area (Å²) in [6.45, 7) is 3.38. The Morgan fingerprint density at radius 1 is 0.925 bits per heavy atom. The average molecular weight is 546 g/mol. The van der Waals surface area contributed by atoms with Gasteiger partial charge in [-0.3, -0.25) is 24.1 Å². The van der Waals surface area contributed by atoms with Gasteiger partial charge in [-0.25, -0.2) is 4.79 Å². The Labute approximate surface area is 229 Å². The third-order valence-corrected chi connectivity index (χ3v) is 6.25. The van der Waals surface area contributed by atoms with Crippen molar-refractivity contribution in [3.8, 4) is 11.5 Å². The van der Waals surface area contributed by atoms with Gasteiger partial charge in [0.2, 0.25) is 11.8 Å². The van der Waals surface area contributed by atoms with Crippen LogP contribution in [0.2, 0.25) is 0 Å². The summed E-state index contributed by atoms with van der Waals surface area (Å²) in [5.41, 5.74) is 0.630. The van der Waals surface area contributed by atoms with Crippen LogP contribution in [0.5, 0.6) is 11.5 Å². The van der Waals surface area contributed by atoms with Crippen LogP contribution in [-0.4, -0.2) is 53.3 Å². The normalized spacial score (nSPS) is 12.9. The van der Waals surface area contributed by atoms with Gasteiger partial charge >= 0.3 is 5.97 Å². The summed E-state index contributed by atoms with van der Waals surface area (Å²) in [4.78, 5) is 65.0. The topological polar surface area (TPSA) is 151 Å². The molecular formula is C29H27N3O8. The van der Waals surface area contributed by atoms with E-state index in [0.29, 0.717) is 23.7 Å². The predicted molar refractivity (Wildman–Crippen MR) is 145 cm³/mol. The molecule has 0 fully saturated rings. The SMILES string of the molecule is CCOc1cc(C(CC(=O)Nc2ccccc2C(=O)O)N2C(=O)c3cccc(NC(C)=O)c3C2=O)ccc1OC. The molecule has 0 aliphatic carbocycles. The molecule has 1 atom stereocenters. The number of nitrogens with zero attached hydrogens (tertiary/aromatic N) is 1. The molecule has 0 saturated carbocycles. The summed E-state index contributed by atoms with van der Waals surface area (Å²) in [6, 6.07) is 14.1. The number of nitrogens with one attached hydrogen (secondary N) is 2. The van der Waals surface area contributed by atoms with Gasteiger partial charge in [-0.1, -0.05) is 24.3 Å². The Balaban J connectivity index is 1.77. The van der Waals surface area contributed by atoms with Crippen LogP contribution in [0.3, 0.4) is 0 Å². The zero-order valence-corrected chi connectivity index (χ0v) is 22.0. The van der Waals surface area contributed by atoms with Gasteiger partial charge in [0.05, 0.1) is 54.2 Å². The molecule has 3 aromatic rings. The van der Waals surface area contributed by atoms with Gasteiger partial charge in [-0.15, -0.1) is 0 Å². The maximum atomic E-state index is 13.7. The molecule has 1 aliphatic heterocycles. The lowest BCUT2D eigenvalue weighted by Crippen LogP contribution is -2.36. The quantitative estimate of drug-likeness (QED) is 0.322. The number of carbonyl (C=O) groups excluding carboxylic acids is 4. The van der Waals surface area contributed by atoms with Crippen molar-refractivity contribution in [3.63, 3.8) is 0 Å². The molecule has 40 heavy (non-hydrogen) atoms. The maximum Gasteiger partial charge on any atom is 0.337 e. The van der Waals surface area contributed by atoms with Gasteiger partial charge in [0.25, 0.3) is 11.8 Å². The summed E-state index contributed by atoms with van der Waals surface area (Å²) in [7, 11) is 1.47. The number of ether oxygens (including phenoxy) is 2. The molecule has 0 spiro atoms. The second-order valence-corrected chi connectivity index (χ2v) is 8.85. The van der Waals surface area contributed by atoms with E-state index in [1.165, 1.54) is 44.4 Å². The number of hydrogen-bond donors (Lipinski definition) is 3. The van der Waals surface area contributed by atoms with Gasteiger partial charge in [-0.05, 0) is 48.9 Å². The van der Waals surface area contributed by atoms with Crippen LogP contribution >= 0.6 is 0 Å². The average Bonchev–Trinajstić information content (AvgIpc) is 3.17. The minimum absolute atomic E-state index is 0.0166. The maximum absolute atomic E-state index is 13.7. The Morgan fingerprint density at radius 3 is 2.33 bits per heavy atom. The minimum atomic E-state index is -1.23. The lowest BCUT2D eigenvalue weighted by atomic mass is 10.00. The molecule has 1 heterocycles. The van der Waals surface area contributed by atoms with Crippen LogP contribution in [0, 0.1) is 0 Å². The molecule has 3 aromatic carbocycles. The van der Waals surface area contributed by atoms with E-state index in [0.717, 1.165) is 4.90 Å². The Bertz CT molecular complexity index is 1520. The van der Waals surface area contributed by atoms with E-state index < -0.39 is 42.1 Å². The summed E-state index contributed by atoms with van der Waals surface area (Å²) < 4.78 is 11.0. The highest BCUT2D eigenvalue weighted by Crippen LogP contribution is 2.39. The van der Waals surface area contributed by atoms with Crippen molar-refractivity contribution in [2.45, 2.75) is 26.3 Å². The first-order valence-corrected chi connectivity index (χ1v) is 12.4. The van der Waals surface area contributed by atoms with Crippen molar-refractivity contribution in [1.82, 2.24) is 4.90 Å². The fourth-order valence-corrected chi connectivity index (χ4v) is 4.56. The number of aromatic carboxylic acids is 1. The zero-order chi connectivity index (χ0) is 29.0. The lowest BCUT2D eigenvalue weighted by Gasteiger charge is -2.27. The van der Waals surface area contributed by atoms with Crippen LogP contribution in [-0.2, 0) is 9.59 Å². The molecule has 4 rings (SSSR count). The van der Waals surface area contributed by atoms with E-state index in [2.05, 4.69) is 10.6 Å². The number of carbonyl (C=O) groups is 5. The first-order valence-electron chi connectivity index (χ1n) is 12.4. The van der Waals surface area contributed by atoms with Crippen molar-refractivity contribution in [1.29, 1.82) is 0 Å². The van der Waals surface area contributed by atoms with Crippen molar-refractivity contribution < 1.29 is 38.6 Å². The van der Waals surface area contributed by atoms with Crippen molar-refractivity contribution in [3.05, 3.63) is 82.9 Å². The number of carboxylic acids is 1. The Morgan fingerprint density at radius 2 is 1.65 bits per heavy atom. The van der Waals surface area contributed by atoms with Crippen LogP contribution < -0.4 is 20.1 Å². The zero-order valence-electron chi connectivity index (χ0n) is 22.0. The monoisotopic (exact) mass is 545 g/mol. The van der Waals surface area contributed by atoms with Crippen LogP contribution in [0.4, 0.5) is 11.4 Å². The number of amides is 4. The van der Waals surface area contributed by atoms with E-state index in [1.807, 2.05) is 0 Å². The fourth-order valence-electron chi connectivity index (χ4n) is 4.56. The predicted octanol–water partition coefficient (Wildman–Crippen LogP) is 4.12. The number of methoxy groups -OCH3 is 1. The number of carboxylic acid groups (broad SMARTS) is 1. The summed E-state index contributed by atoms with van der Waals surface area (Å²) in [5.74, 6) is -2.86. The molecular weight excluding hydrogens is 518 g/mol. The molecule has 0 bridgehead atoms. The number of para-hydroxylation sites is 1. The fraction of sp³-hybridized carbons (Fsp3) is 0.207. The molecule has 206 valence electrons. The van der Waals surface area contributed by atoms with Crippen LogP contribution in [0.15, 0.2) is 60.7 Å². The molecule has 11 nitrogen and oxygen atoms in total. The van der Waals surface area contributed by atoms with Gasteiger partial charge in [0.15, 0.2) is 11.5 Å². The van der Waals surface area contributed by atoms with Gasteiger partial charge < -0.3 is 25.2 Å². The van der Waals surface area contributed by atoms with Gasteiger partial charge in [-0.2, -0.15) is 0 Å². The Kier molecular flexibility index (Phi) is 8.13. The summed E-state index contributed by atoms with van der Waals surface area (Å²) in [5, 5.41) is 14.7. The van der Waals surface area contributed by atoms with Crippen molar-refractivity contribution in [2.24, 2.45) is 0 Å². The van der Waals surface area contributed by atoms with Crippen LogP contribution in [0.25, 0.3) is 0 Å². The second kappa shape index (κ2) is 11.7. The van der Waals surface area contributed by atoms with Crippen molar-refractivity contribution >= 4 is 41.0 Å². The number of anilines is 2. The highest BCUT2D eigenvalue weighted by Gasteiger charge is 2.43. The van der Waals surface area contributed by atoms with Gasteiger partial charge in [0.1, 0.15) is 0 Å². The standard InChI is InChI=1S/C29H27N3O8/c1-4-40-24-14-17(12-13-23(24)39-3)22(15-25(34)31-20-10-6-5-8-18(20)29(37)38)32-27(35)19-9-7-11-21(30-16(2)33)26(19)28(32)36/h5-14,22H,4,15H2,1-3H3,(H,30,33)(H,31,34)(H,37,38). The smallest absolute Gasteiger partial charge is 0.337 e. The number of rotatable bonds is 10.